The Labute approximate surface area is 107 Å². The van der Waals surface area contributed by atoms with Crippen LogP contribution in [0.15, 0.2) is 24.3 Å². The summed E-state index contributed by atoms with van der Waals surface area (Å²) in [7, 11) is 0. The van der Waals surface area contributed by atoms with Gasteiger partial charge in [-0.1, -0.05) is 38.0 Å². The van der Waals surface area contributed by atoms with Crippen LogP contribution >= 0.6 is 0 Å². The molecule has 4 heteroatoms. The van der Waals surface area contributed by atoms with Crippen LogP contribution in [0.4, 0.5) is 5.69 Å². The molecule has 18 heavy (non-hydrogen) atoms. The molecule has 2 N–H and O–H groups in total. The van der Waals surface area contributed by atoms with Crippen molar-refractivity contribution in [2.45, 2.75) is 45.1 Å². The molecule has 1 fully saturated rings. The van der Waals surface area contributed by atoms with Gasteiger partial charge in [-0.2, -0.15) is 0 Å². The lowest BCUT2D eigenvalue weighted by Gasteiger charge is -2.31. The number of nitrogens with two attached hydrogens (primary N) is 1. The van der Waals surface area contributed by atoms with E-state index in [4.69, 9.17) is 5.73 Å². The lowest BCUT2D eigenvalue weighted by Crippen LogP contribution is -2.39. The largest absolute Gasteiger partial charge is 0.327 e. The third-order valence-electron chi connectivity index (χ3n) is 4.27. The molecule has 1 aliphatic rings. The van der Waals surface area contributed by atoms with Crippen LogP contribution in [0.2, 0.25) is 0 Å². The highest BCUT2D eigenvalue weighted by Gasteiger charge is 2.35. The van der Waals surface area contributed by atoms with E-state index in [0.29, 0.717) is 6.42 Å². The summed E-state index contributed by atoms with van der Waals surface area (Å²) >= 11 is 0. The molecule has 1 saturated carbocycles. The first kappa shape index (κ1) is 13.0. The van der Waals surface area contributed by atoms with Crippen molar-refractivity contribution in [3.8, 4) is 0 Å². The predicted octanol–water partition coefficient (Wildman–Crippen LogP) is 3.04. The fourth-order valence-electron chi connectivity index (χ4n) is 2.90. The summed E-state index contributed by atoms with van der Waals surface area (Å²) in [6.45, 7) is 2.21. The molecule has 4 nitrogen and oxygen atoms in total. The van der Waals surface area contributed by atoms with Crippen LogP contribution in [-0.2, 0) is 6.42 Å². The monoisotopic (exact) mass is 248 g/mol. The van der Waals surface area contributed by atoms with Gasteiger partial charge in [0.2, 0.25) is 0 Å². The molecule has 0 aromatic heterocycles. The fourth-order valence-corrected chi connectivity index (χ4v) is 2.90. The minimum Gasteiger partial charge on any atom is -0.327 e. The summed E-state index contributed by atoms with van der Waals surface area (Å²) in [5, 5.41) is 11.0. The Balaban J connectivity index is 2.16. The molecule has 98 valence electrons. The standard InChI is InChI=1S/C14H20N2O2/c1-14(8-4-5-9-14)13(15)10-11-6-2-3-7-12(11)16(17)18/h2-3,6-7,13H,4-5,8-10,15H2,1H3. The zero-order valence-electron chi connectivity index (χ0n) is 10.8. The molecule has 0 heterocycles. The number of benzene rings is 1. The van der Waals surface area contributed by atoms with Crippen LogP contribution in [0.5, 0.6) is 0 Å². The SMILES string of the molecule is CC1(C(N)Cc2ccccc2[N+](=O)[O-])CCCC1. The van der Waals surface area contributed by atoms with Gasteiger partial charge in [-0.25, -0.2) is 0 Å². The molecule has 0 radical (unpaired) electrons. The van der Waals surface area contributed by atoms with Gasteiger partial charge in [0.25, 0.3) is 5.69 Å². The molecule has 0 saturated heterocycles. The van der Waals surface area contributed by atoms with E-state index in [0.717, 1.165) is 18.4 Å². The number of hydrogen-bond acceptors (Lipinski definition) is 3. The van der Waals surface area contributed by atoms with Crippen molar-refractivity contribution in [2.24, 2.45) is 11.1 Å². The van der Waals surface area contributed by atoms with E-state index < -0.39 is 0 Å². The summed E-state index contributed by atoms with van der Waals surface area (Å²) in [5.74, 6) is 0. The Bertz CT molecular complexity index is 439. The van der Waals surface area contributed by atoms with Crippen molar-refractivity contribution < 1.29 is 4.92 Å². The number of para-hydroxylation sites is 1. The Morgan fingerprint density at radius 3 is 2.61 bits per heavy atom. The number of nitro benzene ring substituents is 1. The second-order valence-corrected chi connectivity index (χ2v) is 5.56. The highest BCUT2D eigenvalue weighted by atomic mass is 16.6. The first-order valence-electron chi connectivity index (χ1n) is 6.51. The Morgan fingerprint density at radius 2 is 2.00 bits per heavy atom. The molecule has 0 spiro atoms. The van der Waals surface area contributed by atoms with E-state index in [-0.39, 0.29) is 22.1 Å². The lowest BCUT2D eigenvalue weighted by molar-refractivity contribution is -0.385. The maximum Gasteiger partial charge on any atom is 0.272 e. The highest BCUT2D eigenvalue weighted by Crippen LogP contribution is 2.41. The first-order valence-corrected chi connectivity index (χ1v) is 6.51. The first-order chi connectivity index (χ1) is 8.53. The van der Waals surface area contributed by atoms with Crippen molar-refractivity contribution in [3.05, 3.63) is 39.9 Å². The smallest absolute Gasteiger partial charge is 0.272 e. The predicted molar refractivity (Wildman–Crippen MR) is 71.4 cm³/mol. The van der Waals surface area contributed by atoms with E-state index >= 15 is 0 Å². The molecule has 1 aromatic carbocycles. The van der Waals surface area contributed by atoms with Crippen molar-refractivity contribution >= 4 is 5.69 Å². The summed E-state index contributed by atoms with van der Waals surface area (Å²) in [5.41, 5.74) is 7.38. The minimum absolute atomic E-state index is 0.00102. The zero-order chi connectivity index (χ0) is 13.2. The minimum atomic E-state index is -0.320. The molecular weight excluding hydrogens is 228 g/mol. The maximum atomic E-state index is 11.0. The number of nitrogens with zero attached hydrogens (tertiary/aromatic N) is 1. The molecule has 0 amide bonds. The van der Waals surface area contributed by atoms with Crippen LogP contribution in [0.3, 0.4) is 0 Å². The Hall–Kier alpha value is -1.42. The van der Waals surface area contributed by atoms with Crippen molar-refractivity contribution in [1.82, 2.24) is 0 Å². The van der Waals surface area contributed by atoms with E-state index in [1.807, 2.05) is 12.1 Å². The molecular formula is C14H20N2O2. The van der Waals surface area contributed by atoms with Gasteiger partial charge < -0.3 is 5.73 Å². The van der Waals surface area contributed by atoms with Gasteiger partial charge in [0.1, 0.15) is 0 Å². The maximum absolute atomic E-state index is 11.0. The third kappa shape index (κ3) is 2.53. The Kier molecular flexibility index (Phi) is 3.66. The van der Waals surface area contributed by atoms with Gasteiger partial charge in [-0.15, -0.1) is 0 Å². The van der Waals surface area contributed by atoms with Crippen LogP contribution in [0, 0.1) is 15.5 Å². The van der Waals surface area contributed by atoms with E-state index in [9.17, 15) is 10.1 Å². The van der Waals surface area contributed by atoms with Gasteiger partial charge in [-0.05, 0) is 24.7 Å². The normalized spacial score (nSPS) is 19.7. The highest BCUT2D eigenvalue weighted by molar-refractivity contribution is 5.40. The van der Waals surface area contributed by atoms with Crippen LogP contribution < -0.4 is 5.73 Å². The fraction of sp³-hybridized carbons (Fsp3) is 0.571. The van der Waals surface area contributed by atoms with E-state index in [1.54, 1.807) is 12.1 Å². The second kappa shape index (κ2) is 5.06. The summed E-state index contributed by atoms with van der Waals surface area (Å²) in [6.07, 6.45) is 5.30. The van der Waals surface area contributed by atoms with E-state index in [2.05, 4.69) is 6.92 Å². The van der Waals surface area contributed by atoms with Crippen molar-refractivity contribution in [2.75, 3.05) is 0 Å². The topological polar surface area (TPSA) is 69.2 Å². The van der Waals surface area contributed by atoms with Gasteiger partial charge in [-0.3, -0.25) is 10.1 Å². The molecule has 1 atom stereocenters. The molecule has 0 aliphatic heterocycles. The molecule has 1 aliphatic carbocycles. The molecule has 1 aromatic rings. The zero-order valence-corrected chi connectivity index (χ0v) is 10.8. The van der Waals surface area contributed by atoms with Crippen LogP contribution in [0.1, 0.15) is 38.2 Å². The Morgan fingerprint density at radius 1 is 1.39 bits per heavy atom. The summed E-state index contributed by atoms with van der Waals surface area (Å²) in [6, 6.07) is 6.91. The number of nitro groups is 1. The summed E-state index contributed by atoms with van der Waals surface area (Å²) in [4.78, 5) is 10.6. The molecule has 0 bridgehead atoms. The van der Waals surface area contributed by atoms with Gasteiger partial charge >= 0.3 is 0 Å². The quantitative estimate of drug-likeness (QED) is 0.657. The van der Waals surface area contributed by atoms with Crippen molar-refractivity contribution in [3.63, 3.8) is 0 Å². The number of hydrogen-bond donors (Lipinski definition) is 1. The average Bonchev–Trinajstić information content (AvgIpc) is 2.78. The average molecular weight is 248 g/mol. The van der Waals surface area contributed by atoms with Gasteiger partial charge in [0, 0.05) is 17.7 Å². The van der Waals surface area contributed by atoms with Crippen LogP contribution in [-0.4, -0.2) is 11.0 Å². The molecule has 1 unspecified atom stereocenters. The molecule has 2 rings (SSSR count). The van der Waals surface area contributed by atoms with Crippen LogP contribution in [0.25, 0.3) is 0 Å². The van der Waals surface area contributed by atoms with Gasteiger partial charge in [0.05, 0.1) is 4.92 Å². The van der Waals surface area contributed by atoms with Crippen molar-refractivity contribution in [1.29, 1.82) is 0 Å². The number of rotatable bonds is 4. The van der Waals surface area contributed by atoms with Gasteiger partial charge in [0.15, 0.2) is 0 Å². The summed E-state index contributed by atoms with van der Waals surface area (Å²) < 4.78 is 0. The lowest BCUT2D eigenvalue weighted by atomic mass is 9.78. The van der Waals surface area contributed by atoms with E-state index in [1.165, 1.54) is 12.8 Å². The third-order valence-corrected chi connectivity index (χ3v) is 4.27. The second-order valence-electron chi connectivity index (χ2n) is 5.56.